The zero-order valence-corrected chi connectivity index (χ0v) is 10.6. The molecule has 0 aliphatic rings. The van der Waals surface area contributed by atoms with Gasteiger partial charge in [-0.2, -0.15) is 0 Å². The second kappa shape index (κ2) is 5.57. The Morgan fingerprint density at radius 2 is 2.00 bits per heavy atom. The minimum atomic E-state index is -0.749. The molecule has 0 saturated heterocycles. The van der Waals surface area contributed by atoms with E-state index >= 15 is 0 Å². The Hall–Kier alpha value is -1.71. The number of hydrogen-bond donors (Lipinski definition) is 0. The van der Waals surface area contributed by atoms with Crippen LogP contribution in [0.5, 0.6) is 0 Å². The van der Waals surface area contributed by atoms with Crippen molar-refractivity contribution in [2.24, 2.45) is 11.8 Å². The molecule has 1 heterocycles. The van der Waals surface area contributed by atoms with Crippen LogP contribution in [0.25, 0.3) is 0 Å². The molecule has 0 radical (unpaired) electrons. The highest BCUT2D eigenvalue weighted by molar-refractivity contribution is 6.09. The van der Waals surface area contributed by atoms with Gasteiger partial charge in [-0.3, -0.25) is 14.6 Å². The van der Waals surface area contributed by atoms with Gasteiger partial charge in [-0.25, -0.2) is 0 Å². The Kier molecular flexibility index (Phi) is 4.37. The molecule has 0 aromatic carbocycles. The smallest absolute Gasteiger partial charge is 0.316 e. The molecule has 0 bridgehead atoms. The summed E-state index contributed by atoms with van der Waals surface area (Å²) in [5, 5.41) is 0. The summed E-state index contributed by atoms with van der Waals surface area (Å²) in [6.45, 7) is 5.46. The number of hydrogen-bond acceptors (Lipinski definition) is 4. The van der Waals surface area contributed by atoms with Crippen molar-refractivity contribution in [3.8, 4) is 0 Å². The van der Waals surface area contributed by atoms with Crippen molar-refractivity contribution in [3.05, 3.63) is 29.6 Å². The molecule has 92 valence electrons. The third-order valence-electron chi connectivity index (χ3n) is 2.69. The van der Waals surface area contributed by atoms with Crippen molar-refractivity contribution < 1.29 is 14.3 Å². The molecule has 0 amide bonds. The first-order valence-electron chi connectivity index (χ1n) is 5.51. The molecule has 1 atom stereocenters. The lowest BCUT2D eigenvalue weighted by Gasteiger charge is -2.17. The van der Waals surface area contributed by atoms with Crippen LogP contribution >= 0.6 is 0 Å². The van der Waals surface area contributed by atoms with Gasteiger partial charge in [-0.1, -0.05) is 13.8 Å². The summed E-state index contributed by atoms with van der Waals surface area (Å²) in [4.78, 5) is 27.8. The second-order valence-electron chi connectivity index (χ2n) is 4.30. The Balaban J connectivity index is 3.09. The van der Waals surface area contributed by atoms with Crippen molar-refractivity contribution in [3.63, 3.8) is 0 Å². The van der Waals surface area contributed by atoms with Gasteiger partial charge in [-0.15, -0.1) is 0 Å². The molecule has 1 unspecified atom stereocenters. The van der Waals surface area contributed by atoms with Gasteiger partial charge >= 0.3 is 5.97 Å². The lowest BCUT2D eigenvalue weighted by atomic mass is 9.87. The van der Waals surface area contributed by atoms with Crippen LogP contribution in [0.4, 0.5) is 0 Å². The average molecular weight is 235 g/mol. The molecule has 1 aromatic heterocycles. The fourth-order valence-electron chi connectivity index (χ4n) is 1.73. The fourth-order valence-corrected chi connectivity index (χ4v) is 1.73. The van der Waals surface area contributed by atoms with Gasteiger partial charge < -0.3 is 4.74 Å². The van der Waals surface area contributed by atoms with Gasteiger partial charge in [0.1, 0.15) is 5.92 Å². The Morgan fingerprint density at radius 3 is 2.47 bits per heavy atom. The van der Waals surface area contributed by atoms with Gasteiger partial charge in [0.15, 0.2) is 5.78 Å². The first-order valence-corrected chi connectivity index (χ1v) is 5.51. The quantitative estimate of drug-likeness (QED) is 0.455. The lowest BCUT2D eigenvalue weighted by molar-refractivity contribution is -0.144. The van der Waals surface area contributed by atoms with Crippen molar-refractivity contribution in [2.45, 2.75) is 20.8 Å². The predicted molar refractivity (Wildman–Crippen MR) is 63.6 cm³/mol. The van der Waals surface area contributed by atoms with Gasteiger partial charge in [-0.05, 0) is 24.5 Å². The Labute approximate surface area is 101 Å². The molecule has 4 nitrogen and oxygen atoms in total. The number of aromatic nitrogens is 1. The van der Waals surface area contributed by atoms with Gasteiger partial charge in [0.2, 0.25) is 0 Å². The van der Waals surface area contributed by atoms with E-state index in [1.807, 2.05) is 13.8 Å². The van der Waals surface area contributed by atoms with Crippen LogP contribution in [0.1, 0.15) is 29.8 Å². The molecule has 0 saturated carbocycles. The Bertz CT molecular complexity index is 426. The molecule has 1 aromatic rings. The van der Waals surface area contributed by atoms with E-state index in [1.54, 1.807) is 25.4 Å². The van der Waals surface area contributed by atoms with Crippen LogP contribution in [-0.2, 0) is 9.53 Å². The molecule has 0 aliphatic carbocycles. The summed E-state index contributed by atoms with van der Waals surface area (Å²) in [5.41, 5.74) is 1.30. The third kappa shape index (κ3) is 2.90. The van der Waals surface area contributed by atoms with E-state index in [2.05, 4.69) is 9.72 Å². The van der Waals surface area contributed by atoms with Crippen molar-refractivity contribution in [1.29, 1.82) is 0 Å². The van der Waals surface area contributed by atoms with E-state index in [1.165, 1.54) is 7.11 Å². The number of ether oxygens (including phenoxy) is 1. The van der Waals surface area contributed by atoms with Crippen LogP contribution in [0, 0.1) is 18.8 Å². The molecule has 17 heavy (non-hydrogen) atoms. The number of aryl methyl sites for hydroxylation is 1. The summed E-state index contributed by atoms with van der Waals surface area (Å²) in [5.74, 6) is -1.53. The Morgan fingerprint density at radius 1 is 1.35 bits per heavy atom. The highest BCUT2D eigenvalue weighted by Gasteiger charge is 2.32. The van der Waals surface area contributed by atoms with Crippen molar-refractivity contribution in [2.75, 3.05) is 7.11 Å². The maximum atomic E-state index is 12.3. The maximum Gasteiger partial charge on any atom is 0.316 e. The molecule has 4 heteroatoms. The van der Waals surface area contributed by atoms with Crippen LogP contribution in [0.2, 0.25) is 0 Å². The van der Waals surface area contributed by atoms with Gasteiger partial charge in [0.05, 0.1) is 7.11 Å². The highest BCUT2D eigenvalue weighted by atomic mass is 16.5. The first kappa shape index (κ1) is 13.4. The number of ketones is 1. The van der Waals surface area contributed by atoms with E-state index in [9.17, 15) is 9.59 Å². The SMILES string of the molecule is COC(=O)C(C(=O)c1ccncc1C)C(C)C. The number of methoxy groups -OCH3 is 1. The zero-order valence-electron chi connectivity index (χ0n) is 10.6. The third-order valence-corrected chi connectivity index (χ3v) is 2.69. The molecular weight excluding hydrogens is 218 g/mol. The molecular formula is C13H17NO3. The summed E-state index contributed by atoms with van der Waals surface area (Å²) >= 11 is 0. The van der Waals surface area contributed by atoms with Gasteiger partial charge in [0, 0.05) is 18.0 Å². The maximum absolute atomic E-state index is 12.3. The van der Waals surface area contributed by atoms with Crippen molar-refractivity contribution >= 4 is 11.8 Å². The largest absolute Gasteiger partial charge is 0.468 e. The number of carbonyl (C=O) groups excluding carboxylic acids is 2. The molecule has 0 spiro atoms. The number of Topliss-reactive ketones (excluding diaryl/α,β-unsaturated/α-hetero) is 1. The first-order chi connectivity index (χ1) is 7.99. The monoisotopic (exact) mass is 235 g/mol. The van der Waals surface area contributed by atoms with E-state index in [-0.39, 0.29) is 11.7 Å². The van der Waals surface area contributed by atoms with Crippen LogP contribution in [0.15, 0.2) is 18.5 Å². The van der Waals surface area contributed by atoms with E-state index in [0.717, 1.165) is 5.56 Å². The molecule has 1 rings (SSSR count). The molecule has 0 fully saturated rings. The van der Waals surface area contributed by atoms with E-state index in [0.29, 0.717) is 5.56 Å². The minimum absolute atomic E-state index is 0.0949. The lowest BCUT2D eigenvalue weighted by Crippen LogP contribution is -2.30. The van der Waals surface area contributed by atoms with Crippen LogP contribution in [0.3, 0.4) is 0 Å². The van der Waals surface area contributed by atoms with Gasteiger partial charge in [0.25, 0.3) is 0 Å². The summed E-state index contributed by atoms with van der Waals surface area (Å²) in [6.07, 6.45) is 3.16. The summed E-state index contributed by atoms with van der Waals surface area (Å²) in [6, 6.07) is 1.63. The average Bonchev–Trinajstić information content (AvgIpc) is 2.28. The normalized spacial score (nSPS) is 12.3. The van der Waals surface area contributed by atoms with Crippen LogP contribution in [-0.4, -0.2) is 23.8 Å². The highest BCUT2D eigenvalue weighted by Crippen LogP contribution is 2.20. The summed E-state index contributed by atoms with van der Waals surface area (Å²) in [7, 11) is 1.30. The number of nitrogens with zero attached hydrogens (tertiary/aromatic N) is 1. The predicted octanol–water partition coefficient (Wildman–Crippen LogP) is 2.02. The molecule has 0 N–H and O–H groups in total. The van der Waals surface area contributed by atoms with Crippen molar-refractivity contribution in [1.82, 2.24) is 4.98 Å². The van der Waals surface area contributed by atoms with E-state index < -0.39 is 11.9 Å². The van der Waals surface area contributed by atoms with E-state index in [4.69, 9.17) is 0 Å². The standard InChI is InChI=1S/C13H17NO3/c1-8(2)11(13(16)17-4)12(15)10-5-6-14-7-9(10)3/h5-8,11H,1-4H3. The zero-order chi connectivity index (χ0) is 13.0. The minimum Gasteiger partial charge on any atom is -0.468 e. The molecule has 0 aliphatic heterocycles. The summed E-state index contributed by atoms with van der Waals surface area (Å²) < 4.78 is 4.68. The number of esters is 1. The van der Waals surface area contributed by atoms with Crippen LogP contribution < -0.4 is 0 Å². The topological polar surface area (TPSA) is 56.3 Å². The second-order valence-corrected chi connectivity index (χ2v) is 4.30. The number of pyridine rings is 1. The fraction of sp³-hybridized carbons (Fsp3) is 0.462. The number of carbonyl (C=O) groups is 2. The number of rotatable bonds is 4.